The minimum atomic E-state index is -1.22. The Balaban J connectivity index is 0.886. The van der Waals surface area contributed by atoms with Crippen LogP contribution in [0.3, 0.4) is 0 Å². The number of aliphatic hydroxyl groups excluding tert-OH is 1. The summed E-state index contributed by atoms with van der Waals surface area (Å²) in [5.74, 6) is 0.614. The van der Waals surface area contributed by atoms with Crippen molar-refractivity contribution >= 4 is 76.5 Å². The number of halogens is 2. The molecule has 0 radical (unpaired) electrons. The number of aromatic nitrogens is 2. The summed E-state index contributed by atoms with van der Waals surface area (Å²) >= 11 is 6.39. The summed E-state index contributed by atoms with van der Waals surface area (Å²) in [6, 6.07) is 10.6. The lowest BCUT2D eigenvalue weighted by Crippen LogP contribution is -2.46. The highest BCUT2D eigenvalue weighted by Crippen LogP contribution is 2.51. The smallest absolute Gasteiger partial charge is 0.227 e. The van der Waals surface area contributed by atoms with E-state index in [1.807, 2.05) is 13.1 Å². The van der Waals surface area contributed by atoms with Gasteiger partial charge < -0.3 is 25.4 Å². The number of aldehydes is 1. The number of nitrogens with zero attached hydrogens (tertiary/aromatic N) is 7. The lowest BCUT2D eigenvalue weighted by Gasteiger charge is -2.36. The van der Waals surface area contributed by atoms with Gasteiger partial charge in [-0.3, -0.25) is 29.5 Å². The molecule has 7 rings (SSSR count). The van der Waals surface area contributed by atoms with Gasteiger partial charge in [0.2, 0.25) is 12.3 Å². The van der Waals surface area contributed by atoms with Crippen molar-refractivity contribution in [1.29, 1.82) is 0 Å². The third kappa shape index (κ3) is 11.0. The second kappa shape index (κ2) is 20.9. The molecule has 1 aromatic heterocycles. The van der Waals surface area contributed by atoms with Gasteiger partial charge in [-0.05, 0) is 119 Å². The zero-order chi connectivity index (χ0) is 44.7. The molecular formula is C45H58ClFN10O5S. The molecule has 0 spiro atoms. The van der Waals surface area contributed by atoms with Crippen LogP contribution < -0.4 is 20.9 Å². The van der Waals surface area contributed by atoms with Crippen LogP contribution in [0.25, 0.3) is 10.9 Å². The molecule has 18 heteroatoms. The third-order valence-corrected chi connectivity index (χ3v) is 15.0. The number of aliphatic imine (C=N–C) groups is 2. The highest BCUT2D eigenvalue weighted by atomic mass is 35.5. The van der Waals surface area contributed by atoms with Crippen molar-refractivity contribution in [1.82, 2.24) is 29.6 Å². The molecule has 63 heavy (non-hydrogen) atoms. The number of carbonyl (C=O) groups excluding carboxylic acids is 3. The number of aryl methyl sites for hydroxylation is 1. The van der Waals surface area contributed by atoms with Crippen LogP contribution in [0.4, 0.5) is 15.9 Å². The Bertz CT molecular complexity index is 2280. The number of allylic oxidation sites excluding steroid dienone is 1. The predicted octanol–water partition coefficient (Wildman–Crippen LogP) is 4.84. The van der Waals surface area contributed by atoms with Crippen molar-refractivity contribution in [2.75, 3.05) is 63.2 Å². The average molecular weight is 906 g/mol. The van der Waals surface area contributed by atoms with Crippen LogP contribution >= 0.6 is 11.6 Å². The number of benzene rings is 2. The van der Waals surface area contributed by atoms with E-state index in [1.165, 1.54) is 23.8 Å². The zero-order valence-electron chi connectivity index (χ0n) is 36.0. The summed E-state index contributed by atoms with van der Waals surface area (Å²) in [6.07, 6.45) is 11.0. The lowest BCUT2D eigenvalue weighted by atomic mass is 9.88. The molecule has 2 aromatic carbocycles. The molecule has 1 saturated carbocycles. The normalized spacial score (nSPS) is 22.0. The average Bonchev–Trinajstić information content (AvgIpc) is 4.03. The second-order valence-corrected chi connectivity index (χ2v) is 19.1. The quantitative estimate of drug-likeness (QED) is 0.0568. The van der Waals surface area contributed by atoms with Crippen molar-refractivity contribution in [3.63, 3.8) is 0 Å². The topological polar surface area (TPSA) is 177 Å². The standard InChI is InChI=1S/C45H58ClFN10O5S/c1-48-44(54(2)40-24-33(47)5-8-38(40)46)37(45(27-58)15-16-45)25-50-28-51-34-13-20-57(21-14-34)63(62)35-6-9-41(60)32(22-35)26-56-18-11-30(12-19-56)31-4-7-36-39(23-31)55(3)53-43(36)52-42(61)10-17-49-29-59/h4-5,7-8,22-25,27,29-30,34-35,41,51,60H,1,6,9-21,26,28H2,2-3H3,(H,49,59)(H,52,53,61)/b44-37-,50-25-/t35?,41-,63?/m0/s1. The number of nitrogens with one attached hydrogen (secondary N) is 3. The maximum absolute atomic E-state index is 14.1. The van der Waals surface area contributed by atoms with Gasteiger partial charge in [0.05, 0.1) is 39.7 Å². The van der Waals surface area contributed by atoms with E-state index in [-0.39, 0.29) is 30.2 Å². The molecule has 2 saturated heterocycles. The Morgan fingerprint density at radius 2 is 1.86 bits per heavy atom. The number of piperidine rings is 2. The van der Waals surface area contributed by atoms with Gasteiger partial charge in [0, 0.05) is 69.9 Å². The number of anilines is 2. The fourth-order valence-electron chi connectivity index (χ4n) is 8.97. The Kier molecular flexibility index (Phi) is 15.4. The predicted molar refractivity (Wildman–Crippen MR) is 247 cm³/mol. The van der Waals surface area contributed by atoms with Gasteiger partial charge >= 0.3 is 0 Å². The van der Waals surface area contributed by atoms with E-state index in [0.717, 1.165) is 61.5 Å². The Morgan fingerprint density at radius 3 is 2.56 bits per heavy atom. The van der Waals surface area contributed by atoms with E-state index in [2.05, 4.69) is 65.2 Å². The van der Waals surface area contributed by atoms with E-state index >= 15 is 0 Å². The first-order chi connectivity index (χ1) is 30.4. The molecule has 4 aliphatic rings. The van der Waals surface area contributed by atoms with Crippen LogP contribution in [0.2, 0.25) is 5.02 Å². The first-order valence-electron chi connectivity index (χ1n) is 21.7. The van der Waals surface area contributed by atoms with Crippen LogP contribution in [0, 0.1) is 11.2 Å². The minimum absolute atomic E-state index is 0.144. The van der Waals surface area contributed by atoms with Crippen LogP contribution in [-0.2, 0) is 32.4 Å². The maximum Gasteiger partial charge on any atom is 0.227 e. The summed E-state index contributed by atoms with van der Waals surface area (Å²) in [6.45, 7) is 8.09. The first kappa shape index (κ1) is 46.3. The van der Waals surface area contributed by atoms with E-state index < -0.39 is 28.3 Å². The van der Waals surface area contributed by atoms with Crippen LogP contribution in [0.15, 0.2) is 69.4 Å². The van der Waals surface area contributed by atoms with Crippen LogP contribution in [0.5, 0.6) is 0 Å². The lowest BCUT2D eigenvalue weighted by molar-refractivity contribution is -0.116. The Hall–Kier alpha value is -4.65. The molecule has 2 amide bonds. The van der Waals surface area contributed by atoms with Gasteiger partial charge in [0.1, 0.15) is 28.9 Å². The maximum atomic E-state index is 14.1. The van der Waals surface area contributed by atoms with Gasteiger partial charge in [0.25, 0.3) is 0 Å². The Labute approximate surface area is 375 Å². The molecule has 3 fully saturated rings. The highest BCUT2D eigenvalue weighted by Gasteiger charge is 2.47. The number of likely N-dealkylation sites (tertiary alicyclic amines) is 1. The summed E-state index contributed by atoms with van der Waals surface area (Å²) in [5.41, 5.74) is 3.42. The van der Waals surface area contributed by atoms with E-state index in [4.69, 9.17) is 11.6 Å². The SMILES string of the molecule is C=N/C(=C(\C=N/CNC1CCN(S(=O)C2C=C(CN3CCC(c4ccc5c(NC(=O)CCNC=O)nn(C)c5c4)CC3)[C@@H](O)CC2)CC1)C1(C=O)CC1)N(C)c1cc(F)ccc1Cl. The number of carbonyl (C=O) groups is 3. The molecule has 15 nitrogen and oxygen atoms in total. The van der Waals surface area contributed by atoms with Gasteiger partial charge in [-0.1, -0.05) is 23.7 Å². The summed E-state index contributed by atoms with van der Waals surface area (Å²) < 4.78 is 31.9. The number of rotatable bonds is 19. The van der Waals surface area contributed by atoms with Gasteiger partial charge in [-0.2, -0.15) is 5.10 Å². The summed E-state index contributed by atoms with van der Waals surface area (Å²) in [7, 11) is 2.36. The summed E-state index contributed by atoms with van der Waals surface area (Å²) in [5, 5.41) is 25.5. The van der Waals surface area contributed by atoms with Crippen molar-refractivity contribution in [3.05, 3.63) is 75.8 Å². The fraction of sp³-hybridized carbons (Fsp3) is 0.511. The number of hydrogen-bond donors (Lipinski definition) is 4. The minimum Gasteiger partial charge on any atom is -0.389 e. The van der Waals surface area contributed by atoms with Crippen molar-refractivity contribution in [3.8, 4) is 0 Å². The molecule has 3 atom stereocenters. The van der Waals surface area contributed by atoms with Crippen LogP contribution in [-0.4, -0.2) is 130 Å². The molecule has 0 bridgehead atoms. The zero-order valence-corrected chi connectivity index (χ0v) is 37.6. The summed E-state index contributed by atoms with van der Waals surface area (Å²) in [4.78, 5) is 48.0. The number of hydrogen-bond acceptors (Lipinski definition) is 11. The van der Waals surface area contributed by atoms with Gasteiger partial charge in [-0.15, -0.1) is 0 Å². The molecule has 338 valence electrons. The van der Waals surface area contributed by atoms with Crippen molar-refractivity contribution < 1.29 is 28.1 Å². The second-order valence-electron chi connectivity index (χ2n) is 17.0. The molecule has 3 heterocycles. The molecule has 3 aromatic rings. The monoisotopic (exact) mass is 904 g/mol. The van der Waals surface area contributed by atoms with Crippen molar-refractivity contribution in [2.24, 2.45) is 22.4 Å². The van der Waals surface area contributed by atoms with Gasteiger partial charge in [0.15, 0.2) is 5.82 Å². The van der Waals surface area contributed by atoms with Gasteiger partial charge in [-0.25, -0.2) is 17.9 Å². The molecule has 2 aliphatic carbocycles. The van der Waals surface area contributed by atoms with E-state index in [0.29, 0.717) is 92.2 Å². The number of fused-ring (bicyclic) bond motifs is 1. The van der Waals surface area contributed by atoms with E-state index in [9.17, 15) is 28.1 Å². The largest absolute Gasteiger partial charge is 0.389 e. The molecule has 2 unspecified atom stereocenters. The number of amides is 2. The Morgan fingerprint density at radius 1 is 1.10 bits per heavy atom. The third-order valence-electron chi connectivity index (χ3n) is 12.9. The highest BCUT2D eigenvalue weighted by molar-refractivity contribution is 7.83. The number of aliphatic hydroxyl groups is 1. The molecule has 4 N–H and O–H groups in total. The van der Waals surface area contributed by atoms with Crippen molar-refractivity contribution in [2.45, 2.75) is 81.1 Å². The first-order valence-corrected chi connectivity index (χ1v) is 23.3. The van der Waals surface area contributed by atoms with E-state index in [1.54, 1.807) is 22.8 Å². The van der Waals surface area contributed by atoms with Crippen LogP contribution in [0.1, 0.15) is 69.3 Å². The molecule has 2 aliphatic heterocycles. The fourth-order valence-corrected chi connectivity index (χ4v) is 10.8. The molecular weight excluding hydrogens is 847 g/mol.